The molecule has 0 saturated carbocycles. The Morgan fingerprint density at radius 3 is 2.44 bits per heavy atom. The van der Waals surface area contributed by atoms with E-state index in [4.69, 9.17) is 0 Å². The second kappa shape index (κ2) is 17.2. The number of carbonyl (C=O) groups excluding carboxylic acids is 1. The maximum atomic E-state index is 10.1. The van der Waals surface area contributed by atoms with Gasteiger partial charge in [0.1, 0.15) is 6.29 Å². The first kappa shape index (κ1) is 18.2. The molecule has 0 aromatic rings. The average molecular weight is 291 g/mol. The first-order valence-electron chi connectivity index (χ1n) is 7.34. The van der Waals surface area contributed by atoms with Gasteiger partial charge >= 0.3 is 0 Å². The zero-order chi connectivity index (χ0) is 13.3. The van der Waals surface area contributed by atoms with Crippen LogP contribution in [0.25, 0.3) is 0 Å². The van der Waals surface area contributed by atoms with Gasteiger partial charge in [0.25, 0.3) is 0 Å². The molecule has 0 fully saturated rings. The average Bonchev–Trinajstić information content (AvgIpc) is 2.39. The Kier molecular flexibility index (Phi) is 17.3. The molecule has 0 heterocycles. The van der Waals surface area contributed by atoms with Gasteiger partial charge in [-0.15, -0.1) is 0 Å². The summed E-state index contributed by atoms with van der Waals surface area (Å²) in [6.07, 6.45) is 5.67. The summed E-state index contributed by atoms with van der Waals surface area (Å²) in [5.41, 5.74) is 0. The number of carbonyl (C=O) groups is 1. The summed E-state index contributed by atoms with van der Waals surface area (Å²) < 4.78 is 0. The molecule has 0 atom stereocenters. The van der Waals surface area contributed by atoms with Gasteiger partial charge in [0.2, 0.25) is 0 Å². The van der Waals surface area contributed by atoms with Crippen LogP contribution in [0.15, 0.2) is 0 Å². The third kappa shape index (κ3) is 16.2. The smallest absolute Gasteiger partial charge is 0.120 e. The largest absolute Gasteiger partial charge is 0.317 e. The summed E-state index contributed by atoms with van der Waals surface area (Å²) in [5, 5.41) is 6.92. The van der Waals surface area contributed by atoms with Gasteiger partial charge in [-0.25, -0.2) is 0 Å². The Morgan fingerprint density at radius 2 is 1.72 bits per heavy atom. The van der Waals surface area contributed by atoms with Crippen LogP contribution in [-0.4, -0.2) is 53.5 Å². The van der Waals surface area contributed by atoms with E-state index in [0.29, 0.717) is 15.9 Å². The Balaban J connectivity index is 2.88. The standard InChI is InChI=1S/C13H30N2OSSi/c1-18-13-3-2-6-14-7-4-8-15-9-12-17-11-5-10-16/h10,14-15H,2-9,11-13,18H2,1H3. The van der Waals surface area contributed by atoms with Crippen molar-refractivity contribution in [2.45, 2.75) is 38.3 Å². The highest BCUT2D eigenvalue weighted by Crippen LogP contribution is 1.98. The van der Waals surface area contributed by atoms with Crippen LogP contribution in [0.5, 0.6) is 0 Å². The molecule has 18 heavy (non-hydrogen) atoms. The molecule has 0 bridgehead atoms. The minimum Gasteiger partial charge on any atom is -0.317 e. The summed E-state index contributed by atoms with van der Waals surface area (Å²) in [6, 6.07) is 1.50. The summed E-state index contributed by atoms with van der Waals surface area (Å²) in [7, 11) is 0.293. The van der Waals surface area contributed by atoms with Gasteiger partial charge in [-0.1, -0.05) is 19.0 Å². The number of thioether (sulfide) groups is 1. The van der Waals surface area contributed by atoms with E-state index < -0.39 is 0 Å². The molecular formula is C13H30N2OSSi. The molecule has 0 aromatic carbocycles. The van der Waals surface area contributed by atoms with Crippen LogP contribution in [0.3, 0.4) is 0 Å². The second-order valence-corrected chi connectivity index (χ2v) is 7.41. The molecule has 0 spiro atoms. The molecule has 0 radical (unpaired) electrons. The van der Waals surface area contributed by atoms with E-state index in [1.165, 1.54) is 31.9 Å². The predicted octanol–water partition coefficient (Wildman–Crippen LogP) is 1.29. The fourth-order valence-electron chi connectivity index (χ4n) is 1.64. The lowest BCUT2D eigenvalue weighted by Gasteiger charge is -2.06. The SMILES string of the molecule is C[SiH2]CCCCNCCCNCCSCCC=O. The predicted molar refractivity (Wildman–Crippen MR) is 86.8 cm³/mol. The zero-order valence-corrected chi connectivity index (χ0v) is 14.1. The molecule has 108 valence electrons. The third-order valence-electron chi connectivity index (χ3n) is 2.72. The number of rotatable bonds is 15. The highest BCUT2D eigenvalue weighted by atomic mass is 32.2. The minimum absolute atomic E-state index is 0.293. The molecular weight excluding hydrogens is 260 g/mol. The number of hydrogen-bond acceptors (Lipinski definition) is 4. The number of aldehydes is 1. The number of nitrogens with one attached hydrogen (secondary N) is 2. The van der Waals surface area contributed by atoms with Crippen LogP contribution in [0, 0.1) is 0 Å². The van der Waals surface area contributed by atoms with Crippen molar-refractivity contribution in [1.82, 2.24) is 10.6 Å². The molecule has 0 amide bonds. The Morgan fingerprint density at radius 1 is 1.00 bits per heavy atom. The van der Waals surface area contributed by atoms with Crippen LogP contribution in [0.2, 0.25) is 12.6 Å². The molecule has 0 rings (SSSR count). The van der Waals surface area contributed by atoms with Crippen molar-refractivity contribution in [3.63, 3.8) is 0 Å². The molecule has 3 nitrogen and oxygen atoms in total. The lowest BCUT2D eigenvalue weighted by atomic mass is 10.3. The summed E-state index contributed by atoms with van der Waals surface area (Å²) >= 11 is 1.85. The molecule has 0 unspecified atom stereocenters. The molecule has 0 saturated heterocycles. The summed E-state index contributed by atoms with van der Waals surface area (Å²) in [4.78, 5) is 10.1. The summed E-state index contributed by atoms with van der Waals surface area (Å²) in [6.45, 7) is 6.87. The van der Waals surface area contributed by atoms with Crippen LogP contribution >= 0.6 is 11.8 Å². The Labute approximate surface area is 119 Å². The lowest BCUT2D eigenvalue weighted by Crippen LogP contribution is -2.24. The van der Waals surface area contributed by atoms with Gasteiger partial charge < -0.3 is 15.4 Å². The van der Waals surface area contributed by atoms with Gasteiger partial charge in [-0.05, 0) is 38.2 Å². The van der Waals surface area contributed by atoms with E-state index in [0.717, 1.165) is 37.4 Å². The highest BCUT2D eigenvalue weighted by molar-refractivity contribution is 7.99. The normalized spacial score (nSPS) is 11.4. The van der Waals surface area contributed by atoms with Crippen molar-refractivity contribution >= 4 is 27.6 Å². The van der Waals surface area contributed by atoms with Crippen molar-refractivity contribution in [1.29, 1.82) is 0 Å². The molecule has 0 aliphatic carbocycles. The Bertz CT molecular complexity index is 173. The fourth-order valence-corrected chi connectivity index (χ4v) is 3.25. The molecule has 0 aliphatic rings. The van der Waals surface area contributed by atoms with Gasteiger partial charge in [0, 0.05) is 28.2 Å². The van der Waals surface area contributed by atoms with E-state index in [9.17, 15) is 4.79 Å². The fraction of sp³-hybridized carbons (Fsp3) is 0.923. The zero-order valence-electron chi connectivity index (χ0n) is 11.9. The molecule has 0 aromatic heterocycles. The van der Waals surface area contributed by atoms with Crippen LogP contribution in [-0.2, 0) is 4.79 Å². The van der Waals surface area contributed by atoms with E-state index in [2.05, 4.69) is 17.2 Å². The molecule has 5 heteroatoms. The molecule has 0 aliphatic heterocycles. The van der Waals surface area contributed by atoms with Gasteiger partial charge in [0.05, 0.1) is 0 Å². The van der Waals surface area contributed by atoms with Gasteiger partial charge in [-0.2, -0.15) is 11.8 Å². The maximum Gasteiger partial charge on any atom is 0.120 e. The van der Waals surface area contributed by atoms with Crippen molar-refractivity contribution in [2.24, 2.45) is 0 Å². The van der Waals surface area contributed by atoms with E-state index in [1.54, 1.807) is 0 Å². The maximum absolute atomic E-state index is 10.1. The second-order valence-electron chi connectivity index (χ2n) is 4.48. The Hall–Kier alpha value is 0.157. The monoisotopic (exact) mass is 290 g/mol. The quantitative estimate of drug-likeness (QED) is 0.271. The molecule has 2 N–H and O–H groups in total. The van der Waals surface area contributed by atoms with E-state index >= 15 is 0 Å². The van der Waals surface area contributed by atoms with E-state index in [1.807, 2.05) is 11.8 Å². The third-order valence-corrected chi connectivity index (χ3v) is 4.94. The summed E-state index contributed by atoms with van der Waals surface area (Å²) in [5.74, 6) is 2.08. The van der Waals surface area contributed by atoms with Gasteiger partial charge in [-0.3, -0.25) is 0 Å². The topological polar surface area (TPSA) is 41.1 Å². The number of unbranched alkanes of at least 4 members (excludes halogenated alkanes) is 1. The van der Waals surface area contributed by atoms with Crippen molar-refractivity contribution in [3.05, 3.63) is 0 Å². The van der Waals surface area contributed by atoms with Crippen molar-refractivity contribution in [3.8, 4) is 0 Å². The van der Waals surface area contributed by atoms with Crippen LogP contribution in [0.1, 0.15) is 25.7 Å². The lowest BCUT2D eigenvalue weighted by molar-refractivity contribution is -0.107. The first-order chi connectivity index (χ1) is 8.91. The van der Waals surface area contributed by atoms with Crippen LogP contribution < -0.4 is 10.6 Å². The first-order valence-corrected chi connectivity index (χ1v) is 10.9. The highest BCUT2D eigenvalue weighted by Gasteiger charge is 1.91. The van der Waals surface area contributed by atoms with Crippen molar-refractivity contribution < 1.29 is 4.79 Å². The van der Waals surface area contributed by atoms with Crippen molar-refractivity contribution in [2.75, 3.05) is 37.7 Å². The number of hydrogen-bond donors (Lipinski definition) is 2. The van der Waals surface area contributed by atoms with Crippen LogP contribution in [0.4, 0.5) is 0 Å². The minimum atomic E-state index is 0.293. The van der Waals surface area contributed by atoms with E-state index in [-0.39, 0.29) is 0 Å². The van der Waals surface area contributed by atoms with Gasteiger partial charge in [0.15, 0.2) is 0 Å².